The highest BCUT2D eigenvalue weighted by Crippen LogP contribution is 2.22. The molecule has 0 saturated carbocycles. The molecule has 1 unspecified atom stereocenters. The van der Waals surface area contributed by atoms with Crippen LogP contribution in [0.5, 0.6) is 0 Å². The van der Waals surface area contributed by atoms with Gasteiger partial charge in [-0.1, -0.05) is 18.2 Å². The molecule has 118 valence electrons. The van der Waals surface area contributed by atoms with Crippen molar-refractivity contribution in [2.75, 3.05) is 13.1 Å². The van der Waals surface area contributed by atoms with Crippen molar-refractivity contribution in [1.82, 2.24) is 9.88 Å². The highest BCUT2D eigenvalue weighted by atomic mass is 16.5. The maximum absolute atomic E-state index is 12.2. The van der Waals surface area contributed by atoms with Crippen LogP contribution in [0.4, 0.5) is 0 Å². The molecule has 1 atom stereocenters. The molecule has 0 aliphatic carbocycles. The fraction of sp³-hybridized carbons (Fsp3) is 0.500. The number of likely N-dealkylation sites (tertiary alicyclic amines) is 1. The van der Waals surface area contributed by atoms with Gasteiger partial charge in [0.1, 0.15) is 6.04 Å². The fourth-order valence-electron chi connectivity index (χ4n) is 3.27. The molecule has 1 aliphatic rings. The summed E-state index contributed by atoms with van der Waals surface area (Å²) >= 11 is 0. The Kier molecular flexibility index (Phi) is 4.48. The van der Waals surface area contributed by atoms with Gasteiger partial charge >= 0.3 is 5.97 Å². The Morgan fingerprint density at radius 3 is 3.05 bits per heavy atom. The van der Waals surface area contributed by atoms with Crippen LogP contribution in [0.1, 0.15) is 32.3 Å². The van der Waals surface area contributed by atoms with E-state index in [2.05, 4.69) is 34.3 Å². The number of aromatic amines is 1. The normalized spacial score (nSPS) is 19.1. The molecule has 1 saturated heterocycles. The van der Waals surface area contributed by atoms with Gasteiger partial charge in [0.15, 0.2) is 0 Å². The predicted molar refractivity (Wildman–Crippen MR) is 87.8 cm³/mol. The summed E-state index contributed by atoms with van der Waals surface area (Å²) in [4.78, 5) is 17.8. The fourth-order valence-corrected chi connectivity index (χ4v) is 3.27. The maximum atomic E-state index is 12.2. The first-order chi connectivity index (χ1) is 10.6. The molecular formula is C18H24N2O2. The molecule has 2 aromatic rings. The van der Waals surface area contributed by atoms with Crippen LogP contribution in [0, 0.1) is 0 Å². The Hall–Kier alpha value is -1.81. The Bertz CT molecular complexity index is 647. The molecule has 1 aromatic carbocycles. The van der Waals surface area contributed by atoms with Crippen LogP contribution in [0.2, 0.25) is 0 Å². The number of benzene rings is 1. The molecular weight excluding hydrogens is 276 g/mol. The van der Waals surface area contributed by atoms with Gasteiger partial charge < -0.3 is 9.72 Å². The Morgan fingerprint density at radius 1 is 1.41 bits per heavy atom. The number of aromatic nitrogens is 1. The zero-order chi connectivity index (χ0) is 15.5. The lowest BCUT2D eigenvalue weighted by Crippen LogP contribution is -2.39. The largest absolute Gasteiger partial charge is 0.462 e. The van der Waals surface area contributed by atoms with Gasteiger partial charge in [0.05, 0.1) is 6.10 Å². The lowest BCUT2D eigenvalue weighted by Gasteiger charge is -2.23. The van der Waals surface area contributed by atoms with Crippen molar-refractivity contribution in [3.63, 3.8) is 0 Å². The summed E-state index contributed by atoms with van der Waals surface area (Å²) in [6, 6.07) is 8.29. The van der Waals surface area contributed by atoms with Gasteiger partial charge in [-0.3, -0.25) is 9.69 Å². The lowest BCUT2D eigenvalue weighted by molar-refractivity contribution is -0.152. The Labute approximate surface area is 131 Å². The van der Waals surface area contributed by atoms with Crippen LogP contribution in [0.3, 0.4) is 0 Å². The van der Waals surface area contributed by atoms with Gasteiger partial charge in [0.2, 0.25) is 0 Å². The van der Waals surface area contributed by atoms with Crippen LogP contribution < -0.4 is 0 Å². The summed E-state index contributed by atoms with van der Waals surface area (Å²) < 4.78 is 5.38. The highest BCUT2D eigenvalue weighted by Gasteiger charge is 2.32. The summed E-state index contributed by atoms with van der Waals surface area (Å²) in [6.07, 6.45) is 4.99. The number of carbonyl (C=O) groups excluding carboxylic acids is 1. The summed E-state index contributed by atoms with van der Waals surface area (Å²) in [6.45, 7) is 5.70. The monoisotopic (exact) mass is 300 g/mol. The van der Waals surface area contributed by atoms with Gasteiger partial charge in [-0.15, -0.1) is 0 Å². The highest BCUT2D eigenvalue weighted by molar-refractivity contribution is 5.83. The van der Waals surface area contributed by atoms with Gasteiger partial charge in [0, 0.05) is 23.6 Å². The van der Waals surface area contributed by atoms with Gasteiger partial charge in [0.25, 0.3) is 0 Å². The van der Waals surface area contributed by atoms with E-state index in [9.17, 15) is 4.79 Å². The molecule has 4 nitrogen and oxygen atoms in total. The van der Waals surface area contributed by atoms with E-state index in [-0.39, 0.29) is 18.1 Å². The van der Waals surface area contributed by atoms with Crippen LogP contribution >= 0.6 is 0 Å². The Balaban J connectivity index is 1.64. The first-order valence-electron chi connectivity index (χ1n) is 8.14. The van der Waals surface area contributed by atoms with E-state index in [4.69, 9.17) is 4.74 Å². The van der Waals surface area contributed by atoms with Crippen LogP contribution in [-0.4, -0.2) is 41.1 Å². The lowest BCUT2D eigenvalue weighted by atomic mass is 10.1. The van der Waals surface area contributed by atoms with Gasteiger partial charge in [-0.25, -0.2) is 0 Å². The van der Waals surface area contributed by atoms with Gasteiger partial charge in [-0.05, 0) is 51.3 Å². The van der Waals surface area contributed by atoms with E-state index in [0.717, 1.165) is 32.4 Å². The molecule has 0 amide bonds. The van der Waals surface area contributed by atoms with Crippen molar-refractivity contribution in [3.8, 4) is 0 Å². The van der Waals surface area contributed by atoms with E-state index in [1.165, 1.54) is 16.5 Å². The minimum Gasteiger partial charge on any atom is -0.462 e. The summed E-state index contributed by atoms with van der Waals surface area (Å²) in [5, 5.41) is 1.28. The molecule has 0 bridgehead atoms. The molecule has 2 heterocycles. The second-order valence-corrected chi connectivity index (χ2v) is 6.29. The van der Waals surface area contributed by atoms with Crippen molar-refractivity contribution in [3.05, 3.63) is 36.0 Å². The molecule has 1 aromatic heterocycles. The molecule has 0 spiro atoms. The molecule has 4 heteroatoms. The average Bonchev–Trinajstić information content (AvgIpc) is 3.11. The molecule has 1 fully saturated rings. The van der Waals surface area contributed by atoms with Crippen molar-refractivity contribution < 1.29 is 9.53 Å². The van der Waals surface area contributed by atoms with Crippen molar-refractivity contribution in [1.29, 1.82) is 0 Å². The minimum atomic E-state index is -0.0635. The number of H-pyrrole nitrogens is 1. The summed E-state index contributed by atoms with van der Waals surface area (Å²) in [5.74, 6) is -0.0635. The third-order valence-corrected chi connectivity index (χ3v) is 4.33. The summed E-state index contributed by atoms with van der Waals surface area (Å²) in [5.41, 5.74) is 2.49. The number of esters is 1. The third-order valence-electron chi connectivity index (χ3n) is 4.33. The molecule has 0 radical (unpaired) electrons. The van der Waals surface area contributed by atoms with E-state index < -0.39 is 0 Å². The van der Waals surface area contributed by atoms with Crippen LogP contribution in [-0.2, 0) is 16.0 Å². The Morgan fingerprint density at radius 2 is 2.23 bits per heavy atom. The zero-order valence-corrected chi connectivity index (χ0v) is 13.3. The van der Waals surface area contributed by atoms with Gasteiger partial charge in [-0.2, -0.15) is 0 Å². The first-order valence-corrected chi connectivity index (χ1v) is 8.14. The molecule has 3 rings (SSSR count). The number of para-hydroxylation sites is 1. The topological polar surface area (TPSA) is 45.3 Å². The van der Waals surface area contributed by atoms with Crippen molar-refractivity contribution in [2.45, 2.75) is 45.3 Å². The quantitative estimate of drug-likeness (QED) is 0.863. The second kappa shape index (κ2) is 6.53. The standard InChI is InChI=1S/C18H24N2O2/c1-13(2)22-18(21)17-8-5-10-20(17)11-9-14-12-19-16-7-4-3-6-15(14)16/h3-4,6-7,12-13,17,19H,5,8-11H2,1-2H3. The smallest absolute Gasteiger partial charge is 0.323 e. The zero-order valence-electron chi connectivity index (χ0n) is 13.3. The van der Waals surface area contributed by atoms with Crippen molar-refractivity contribution >= 4 is 16.9 Å². The number of ether oxygens (including phenoxy) is 1. The SMILES string of the molecule is CC(C)OC(=O)C1CCCN1CCc1c[nH]c2ccccc12. The van der Waals surface area contributed by atoms with E-state index >= 15 is 0 Å². The van der Waals surface area contributed by atoms with E-state index in [1.54, 1.807) is 0 Å². The van der Waals surface area contributed by atoms with Crippen LogP contribution in [0.25, 0.3) is 10.9 Å². The van der Waals surface area contributed by atoms with Crippen molar-refractivity contribution in [2.24, 2.45) is 0 Å². The number of hydrogen-bond acceptors (Lipinski definition) is 3. The predicted octanol–water partition coefficient (Wildman–Crippen LogP) is 3.13. The number of fused-ring (bicyclic) bond motifs is 1. The minimum absolute atomic E-state index is 0.0384. The number of rotatable bonds is 5. The third kappa shape index (κ3) is 3.17. The average molecular weight is 300 g/mol. The number of hydrogen-bond donors (Lipinski definition) is 1. The number of nitrogens with zero attached hydrogens (tertiary/aromatic N) is 1. The second-order valence-electron chi connectivity index (χ2n) is 6.29. The number of nitrogens with one attached hydrogen (secondary N) is 1. The molecule has 1 aliphatic heterocycles. The molecule has 22 heavy (non-hydrogen) atoms. The van der Waals surface area contributed by atoms with E-state index in [0.29, 0.717) is 0 Å². The van der Waals surface area contributed by atoms with E-state index in [1.807, 2.05) is 19.9 Å². The molecule has 1 N–H and O–H groups in total. The van der Waals surface area contributed by atoms with Crippen LogP contribution in [0.15, 0.2) is 30.5 Å². The maximum Gasteiger partial charge on any atom is 0.323 e. The number of carbonyl (C=O) groups is 1. The summed E-state index contributed by atoms with van der Waals surface area (Å²) in [7, 11) is 0. The first kappa shape index (κ1) is 15.1.